The molecule has 2 aromatic heterocycles. The van der Waals surface area contributed by atoms with E-state index in [0.29, 0.717) is 11.5 Å². The highest BCUT2D eigenvalue weighted by molar-refractivity contribution is 7.14. The number of hydrogen-bond donors (Lipinski definition) is 2. The Hall–Kier alpha value is -3.22. The molecular weight excluding hydrogens is 749 g/mol. The molecule has 6 heteroatoms. The van der Waals surface area contributed by atoms with Crippen LogP contribution in [0.5, 0.6) is 11.5 Å². The monoisotopic (exact) mass is 823 g/mol. The van der Waals surface area contributed by atoms with Gasteiger partial charge in [-0.05, 0) is 119 Å². The fourth-order valence-corrected chi connectivity index (χ4v) is 10.4. The molecule has 4 aromatic rings. The van der Waals surface area contributed by atoms with Gasteiger partial charge in [-0.15, -0.1) is 22.7 Å². The zero-order chi connectivity index (χ0) is 41.7. The lowest BCUT2D eigenvalue weighted by atomic mass is 9.83. The highest BCUT2D eigenvalue weighted by Crippen LogP contribution is 2.42. The van der Waals surface area contributed by atoms with Gasteiger partial charge >= 0.3 is 0 Å². The van der Waals surface area contributed by atoms with Gasteiger partial charge < -0.3 is 10.2 Å². The van der Waals surface area contributed by atoms with E-state index in [1.54, 1.807) is 22.7 Å². The van der Waals surface area contributed by atoms with Gasteiger partial charge in [0, 0.05) is 44.4 Å². The summed E-state index contributed by atoms with van der Waals surface area (Å²) in [6.45, 7) is 17.6. The van der Waals surface area contributed by atoms with E-state index in [1.807, 2.05) is 12.4 Å². The van der Waals surface area contributed by atoms with Crippen molar-refractivity contribution in [2.75, 3.05) is 0 Å². The first-order chi connectivity index (χ1) is 27.8. The predicted molar refractivity (Wildman–Crippen MR) is 256 cm³/mol. The summed E-state index contributed by atoms with van der Waals surface area (Å²) in [7, 11) is 0. The van der Waals surface area contributed by atoms with E-state index in [-0.39, 0.29) is 22.9 Å². The molecule has 1 saturated carbocycles. The minimum atomic E-state index is -0.225. The highest BCUT2D eigenvalue weighted by atomic mass is 32.1. The van der Waals surface area contributed by atoms with Gasteiger partial charge in [-0.1, -0.05) is 132 Å². The van der Waals surface area contributed by atoms with Crippen LogP contribution in [0, 0.1) is 0 Å². The minimum absolute atomic E-state index is 0.00443. The molecule has 58 heavy (non-hydrogen) atoms. The van der Waals surface area contributed by atoms with E-state index >= 15 is 0 Å². The van der Waals surface area contributed by atoms with Crippen molar-refractivity contribution in [3.63, 3.8) is 0 Å². The van der Waals surface area contributed by atoms with Crippen LogP contribution in [0.1, 0.15) is 192 Å². The zero-order valence-corrected chi connectivity index (χ0v) is 38.9. The van der Waals surface area contributed by atoms with Crippen molar-refractivity contribution in [3.8, 4) is 32.4 Å². The Balaban J connectivity index is 1.40. The van der Waals surface area contributed by atoms with Crippen LogP contribution in [0.3, 0.4) is 0 Å². The van der Waals surface area contributed by atoms with Crippen molar-refractivity contribution in [1.29, 1.82) is 0 Å². The van der Waals surface area contributed by atoms with Crippen LogP contribution in [0.2, 0.25) is 0 Å². The van der Waals surface area contributed by atoms with Crippen molar-refractivity contribution in [3.05, 3.63) is 80.5 Å². The normalized spacial score (nSPS) is 16.6. The summed E-state index contributed by atoms with van der Waals surface area (Å²) < 4.78 is 0. The standard InChI is InChI=1S/C52H74N2O2S2/c1-9-11-13-15-17-19-23-37-27-29-57-49(37)39-31-41(47(55)43(33-39)51(3,4)5)35-53-45-25-21-22-26-46(45)54-36-42-32-40(34-44(48(42)56)52(6,7)8)50-38(28-30-58-50)24-20-18-16-14-12-10-2/h27-36,45-46,55-56H,9-26H2,1-8H3/t45-,46-/m0/s1. The second kappa shape index (κ2) is 21.9. The summed E-state index contributed by atoms with van der Waals surface area (Å²) in [5.41, 5.74) is 8.17. The van der Waals surface area contributed by atoms with Crippen LogP contribution in [0.15, 0.2) is 57.1 Å². The summed E-state index contributed by atoms with van der Waals surface area (Å²) in [5, 5.41) is 27.8. The Morgan fingerprint density at radius 1 is 0.569 bits per heavy atom. The molecule has 4 nitrogen and oxygen atoms in total. The molecule has 0 amide bonds. The van der Waals surface area contributed by atoms with Crippen LogP contribution in [-0.4, -0.2) is 34.7 Å². The van der Waals surface area contributed by atoms with Crippen LogP contribution < -0.4 is 0 Å². The fraction of sp³-hybridized carbons (Fsp3) is 0.577. The number of phenols is 2. The van der Waals surface area contributed by atoms with Gasteiger partial charge in [0.2, 0.25) is 0 Å². The number of hydrogen-bond acceptors (Lipinski definition) is 6. The van der Waals surface area contributed by atoms with Gasteiger partial charge in [-0.2, -0.15) is 0 Å². The average Bonchev–Trinajstić information content (AvgIpc) is 3.86. The summed E-state index contributed by atoms with van der Waals surface area (Å²) in [6.07, 6.45) is 25.6. The van der Waals surface area contributed by atoms with E-state index in [2.05, 4.69) is 103 Å². The van der Waals surface area contributed by atoms with Gasteiger partial charge in [0.1, 0.15) is 11.5 Å². The quantitative estimate of drug-likeness (QED) is 0.0689. The molecule has 5 rings (SSSR count). The Morgan fingerprint density at radius 3 is 1.33 bits per heavy atom. The van der Waals surface area contributed by atoms with E-state index in [0.717, 1.165) is 60.8 Å². The molecule has 0 saturated heterocycles. The van der Waals surface area contributed by atoms with E-state index in [1.165, 1.54) is 109 Å². The minimum Gasteiger partial charge on any atom is -0.507 e. The molecule has 0 spiro atoms. The zero-order valence-electron chi connectivity index (χ0n) is 37.3. The van der Waals surface area contributed by atoms with Crippen LogP contribution in [0.4, 0.5) is 0 Å². The third-order valence-electron chi connectivity index (χ3n) is 12.0. The molecule has 2 heterocycles. The smallest absolute Gasteiger partial charge is 0.128 e. The summed E-state index contributed by atoms with van der Waals surface area (Å²) in [5.74, 6) is 0.650. The summed E-state index contributed by atoms with van der Waals surface area (Å²) in [4.78, 5) is 13.0. The maximum Gasteiger partial charge on any atom is 0.128 e. The van der Waals surface area contributed by atoms with Crippen LogP contribution in [0.25, 0.3) is 20.9 Å². The number of unbranched alkanes of at least 4 members (excludes halogenated alkanes) is 10. The number of rotatable bonds is 20. The number of aryl methyl sites for hydroxylation is 2. The van der Waals surface area contributed by atoms with E-state index in [4.69, 9.17) is 9.98 Å². The molecule has 0 bridgehead atoms. The van der Waals surface area contributed by atoms with E-state index < -0.39 is 0 Å². The van der Waals surface area contributed by atoms with Gasteiger partial charge in [-0.25, -0.2) is 0 Å². The Bertz CT molecular complexity index is 1800. The van der Waals surface area contributed by atoms with Crippen molar-refractivity contribution in [2.24, 2.45) is 9.98 Å². The van der Waals surface area contributed by atoms with Gasteiger partial charge in [0.25, 0.3) is 0 Å². The van der Waals surface area contributed by atoms with Crippen molar-refractivity contribution >= 4 is 35.1 Å². The number of phenolic OH excluding ortho intramolecular Hbond substituents is 2. The molecule has 1 aliphatic carbocycles. The molecule has 0 unspecified atom stereocenters. The number of benzene rings is 2. The Kier molecular flexibility index (Phi) is 17.3. The molecule has 2 N–H and O–H groups in total. The molecule has 2 atom stereocenters. The van der Waals surface area contributed by atoms with Gasteiger partial charge in [-0.3, -0.25) is 9.98 Å². The molecule has 0 aliphatic heterocycles. The maximum absolute atomic E-state index is 11.7. The largest absolute Gasteiger partial charge is 0.507 e. The first-order valence-electron chi connectivity index (χ1n) is 22.8. The average molecular weight is 823 g/mol. The van der Waals surface area contributed by atoms with Crippen molar-refractivity contribution in [1.82, 2.24) is 0 Å². The summed E-state index contributed by atoms with van der Waals surface area (Å²) in [6, 6.07) is 13.3. The lowest BCUT2D eigenvalue weighted by Gasteiger charge is -2.26. The van der Waals surface area contributed by atoms with Crippen LogP contribution in [-0.2, 0) is 23.7 Å². The van der Waals surface area contributed by atoms with Gasteiger partial charge in [0.05, 0.1) is 12.1 Å². The maximum atomic E-state index is 11.7. The fourth-order valence-electron chi connectivity index (χ4n) is 8.47. The SMILES string of the molecule is CCCCCCCCc1ccsc1-c1cc(C=N[C@H]2CCCC[C@@H]2N=Cc2cc(-c3sccc3CCCCCCCC)cc(C(C)(C)C)c2O)c(O)c(C(C)(C)C)c1. The number of thiophene rings is 2. The highest BCUT2D eigenvalue weighted by Gasteiger charge is 2.27. The lowest BCUT2D eigenvalue weighted by Crippen LogP contribution is -2.27. The van der Waals surface area contributed by atoms with E-state index in [9.17, 15) is 10.2 Å². The Morgan fingerprint density at radius 2 is 0.948 bits per heavy atom. The third-order valence-corrected chi connectivity index (χ3v) is 14.0. The molecule has 1 aliphatic rings. The molecule has 0 radical (unpaired) electrons. The van der Waals surface area contributed by atoms with Crippen molar-refractivity contribution in [2.45, 2.75) is 194 Å². The number of aliphatic imine (C=N–C) groups is 2. The summed E-state index contributed by atoms with van der Waals surface area (Å²) >= 11 is 3.61. The van der Waals surface area contributed by atoms with Crippen LogP contribution >= 0.6 is 22.7 Å². The second-order valence-electron chi connectivity index (χ2n) is 19.0. The topological polar surface area (TPSA) is 65.2 Å². The Labute approximate surface area is 360 Å². The molecule has 316 valence electrons. The number of nitrogens with zero attached hydrogens (tertiary/aromatic N) is 2. The van der Waals surface area contributed by atoms with Crippen molar-refractivity contribution < 1.29 is 10.2 Å². The molecule has 1 fully saturated rings. The lowest BCUT2D eigenvalue weighted by molar-refractivity contribution is 0.390. The molecular formula is C52H74N2O2S2. The first kappa shape index (κ1) is 45.9. The molecule has 2 aromatic carbocycles. The first-order valence-corrected chi connectivity index (χ1v) is 24.5. The second-order valence-corrected chi connectivity index (χ2v) is 20.8. The number of aromatic hydroxyl groups is 2. The third kappa shape index (κ3) is 12.6. The van der Waals surface area contributed by atoms with Gasteiger partial charge in [0.15, 0.2) is 0 Å². The predicted octanol–water partition coefficient (Wildman–Crippen LogP) is 15.8.